The van der Waals surface area contributed by atoms with E-state index >= 15 is 0 Å². The van der Waals surface area contributed by atoms with Crippen molar-refractivity contribution in [3.63, 3.8) is 0 Å². The number of carboxylic acids is 1. The standard InChI is InChI=1S/C16H20BrNO4/c17-13-3-1-11(2-4-13)9-12-5-7-16(8-6-12,14(19)20)10-18-15(21)22/h1-4,12,18H,5-10H2,(H,19,20)(H,21,22)/t12-,16-. The number of halogens is 1. The Morgan fingerprint density at radius 1 is 1.18 bits per heavy atom. The topological polar surface area (TPSA) is 86.6 Å². The third kappa shape index (κ3) is 4.22. The van der Waals surface area contributed by atoms with Crippen LogP contribution in [0.15, 0.2) is 28.7 Å². The van der Waals surface area contributed by atoms with Crippen LogP contribution in [0.4, 0.5) is 4.79 Å². The lowest BCUT2D eigenvalue weighted by Crippen LogP contribution is -2.45. The van der Waals surface area contributed by atoms with Crippen molar-refractivity contribution in [3.8, 4) is 0 Å². The van der Waals surface area contributed by atoms with Gasteiger partial charge in [-0.15, -0.1) is 0 Å². The summed E-state index contributed by atoms with van der Waals surface area (Å²) in [5, 5.41) is 20.4. The molecule has 22 heavy (non-hydrogen) atoms. The van der Waals surface area contributed by atoms with Gasteiger partial charge >= 0.3 is 12.1 Å². The Labute approximate surface area is 137 Å². The third-order valence-electron chi connectivity index (χ3n) is 4.53. The van der Waals surface area contributed by atoms with Crippen molar-refractivity contribution in [1.82, 2.24) is 5.32 Å². The lowest BCUT2D eigenvalue weighted by Gasteiger charge is -2.36. The average Bonchev–Trinajstić information content (AvgIpc) is 2.49. The van der Waals surface area contributed by atoms with Gasteiger partial charge in [0.1, 0.15) is 0 Å². The molecule has 3 N–H and O–H groups in total. The SMILES string of the molecule is O=C(O)NC[C@]1(C(=O)O)CC[C@H](Cc2ccc(Br)cc2)CC1. The Morgan fingerprint density at radius 2 is 1.77 bits per heavy atom. The second kappa shape index (κ2) is 7.13. The van der Waals surface area contributed by atoms with Crippen molar-refractivity contribution < 1.29 is 19.8 Å². The molecule has 5 nitrogen and oxygen atoms in total. The summed E-state index contributed by atoms with van der Waals surface area (Å²) in [5.74, 6) is -0.443. The van der Waals surface area contributed by atoms with Crippen LogP contribution < -0.4 is 5.32 Å². The summed E-state index contributed by atoms with van der Waals surface area (Å²) in [5.41, 5.74) is 0.300. The maximum atomic E-state index is 11.6. The van der Waals surface area contributed by atoms with Gasteiger partial charge in [0.15, 0.2) is 0 Å². The molecule has 0 radical (unpaired) electrons. The molecule has 0 aliphatic heterocycles. The molecule has 120 valence electrons. The van der Waals surface area contributed by atoms with Gasteiger partial charge in [-0.25, -0.2) is 4.79 Å². The van der Waals surface area contributed by atoms with Gasteiger partial charge in [0.05, 0.1) is 5.41 Å². The fourth-order valence-corrected chi connectivity index (χ4v) is 3.36. The van der Waals surface area contributed by atoms with Crippen LogP contribution >= 0.6 is 15.9 Å². The van der Waals surface area contributed by atoms with Crippen LogP contribution in [0, 0.1) is 11.3 Å². The molecule has 1 amide bonds. The second-order valence-electron chi connectivity index (χ2n) is 6.02. The first-order valence-corrected chi connectivity index (χ1v) is 8.15. The number of rotatable bonds is 5. The minimum Gasteiger partial charge on any atom is -0.481 e. The summed E-state index contributed by atoms with van der Waals surface area (Å²) < 4.78 is 1.05. The van der Waals surface area contributed by atoms with Crippen molar-refractivity contribution in [1.29, 1.82) is 0 Å². The van der Waals surface area contributed by atoms with E-state index in [4.69, 9.17) is 5.11 Å². The van der Waals surface area contributed by atoms with Crippen LogP contribution in [0.3, 0.4) is 0 Å². The summed E-state index contributed by atoms with van der Waals surface area (Å²) in [7, 11) is 0. The summed E-state index contributed by atoms with van der Waals surface area (Å²) in [4.78, 5) is 22.2. The fourth-order valence-electron chi connectivity index (χ4n) is 3.10. The highest BCUT2D eigenvalue weighted by Crippen LogP contribution is 2.40. The van der Waals surface area contributed by atoms with E-state index in [1.807, 2.05) is 12.1 Å². The van der Waals surface area contributed by atoms with Crippen LogP contribution in [0.1, 0.15) is 31.2 Å². The zero-order valence-corrected chi connectivity index (χ0v) is 13.8. The summed E-state index contributed by atoms with van der Waals surface area (Å²) in [6.07, 6.45) is 2.42. The molecule has 0 aromatic heterocycles. The lowest BCUT2D eigenvalue weighted by atomic mass is 9.69. The molecule has 0 spiro atoms. The molecule has 0 unspecified atom stereocenters. The van der Waals surface area contributed by atoms with Gasteiger partial charge in [0.25, 0.3) is 0 Å². The van der Waals surface area contributed by atoms with Crippen molar-refractivity contribution in [2.45, 2.75) is 32.1 Å². The number of amides is 1. The maximum Gasteiger partial charge on any atom is 0.404 e. The van der Waals surface area contributed by atoms with Crippen molar-refractivity contribution in [2.75, 3.05) is 6.54 Å². The summed E-state index contributed by atoms with van der Waals surface area (Å²) in [6, 6.07) is 8.18. The fraction of sp³-hybridized carbons (Fsp3) is 0.500. The largest absolute Gasteiger partial charge is 0.481 e. The van der Waals surface area contributed by atoms with Gasteiger partial charge in [-0.05, 0) is 55.7 Å². The Bertz CT molecular complexity index is 536. The van der Waals surface area contributed by atoms with Crippen LogP contribution in [0.5, 0.6) is 0 Å². The van der Waals surface area contributed by atoms with Crippen LogP contribution in [0.25, 0.3) is 0 Å². The van der Waals surface area contributed by atoms with E-state index in [9.17, 15) is 14.7 Å². The number of carboxylic acid groups (broad SMARTS) is 2. The molecule has 0 atom stereocenters. The highest BCUT2D eigenvalue weighted by atomic mass is 79.9. The summed E-state index contributed by atoms with van der Waals surface area (Å²) in [6.45, 7) is -0.0112. The Morgan fingerprint density at radius 3 is 2.27 bits per heavy atom. The smallest absolute Gasteiger partial charge is 0.404 e. The van der Waals surface area contributed by atoms with Gasteiger partial charge in [-0.2, -0.15) is 0 Å². The second-order valence-corrected chi connectivity index (χ2v) is 6.93. The number of hydrogen-bond donors (Lipinski definition) is 3. The molecule has 1 saturated carbocycles. The van der Waals surface area contributed by atoms with E-state index < -0.39 is 17.5 Å². The molecule has 1 aromatic carbocycles. The monoisotopic (exact) mass is 369 g/mol. The minimum atomic E-state index is -1.17. The van der Waals surface area contributed by atoms with Gasteiger partial charge in [-0.1, -0.05) is 28.1 Å². The molecular formula is C16H20BrNO4. The molecule has 2 rings (SSSR count). The molecule has 1 aromatic rings. The van der Waals surface area contributed by atoms with E-state index in [0.717, 1.165) is 23.7 Å². The molecule has 0 bridgehead atoms. The van der Waals surface area contributed by atoms with Crippen molar-refractivity contribution in [3.05, 3.63) is 34.3 Å². The molecule has 6 heteroatoms. The third-order valence-corrected chi connectivity index (χ3v) is 5.06. The van der Waals surface area contributed by atoms with Crippen molar-refractivity contribution in [2.24, 2.45) is 11.3 Å². The minimum absolute atomic E-state index is 0.0112. The van der Waals surface area contributed by atoms with Gasteiger partial charge in [0.2, 0.25) is 0 Å². The Kier molecular flexibility index (Phi) is 5.45. The molecule has 1 aliphatic carbocycles. The van der Waals surface area contributed by atoms with Crippen LogP contribution in [0.2, 0.25) is 0 Å². The number of hydrogen-bond acceptors (Lipinski definition) is 2. The zero-order chi connectivity index (χ0) is 16.2. The van der Waals surface area contributed by atoms with E-state index in [2.05, 4.69) is 33.4 Å². The van der Waals surface area contributed by atoms with E-state index in [0.29, 0.717) is 18.8 Å². The number of aliphatic carboxylic acids is 1. The van der Waals surface area contributed by atoms with Crippen LogP contribution in [-0.4, -0.2) is 28.8 Å². The number of nitrogens with one attached hydrogen (secondary N) is 1. The molecule has 1 fully saturated rings. The number of carbonyl (C=O) groups is 2. The molecule has 0 heterocycles. The predicted molar refractivity (Wildman–Crippen MR) is 85.9 cm³/mol. The van der Waals surface area contributed by atoms with E-state index in [-0.39, 0.29) is 6.54 Å². The van der Waals surface area contributed by atoms with Gasteiger partial charge in [-0.3, -0.25) is 4.79 Å². The highest BCUT2D eigenvalue weighted by Gasteiger charge is 2.42. The molecule has 1 aliphatic rings. The van der Waals surface area contributed by atoms with E-state index in [1.54, 1.807) is 0 Å². The lowest BCUT2D eigenvalue weighted by molar-refractivity contribution is -0.151. The number of benzene rings is 1. The molecular weight excluding hydrogens is 350 g/mol. The first-order valence-electron chi connectivity index (χ1n) is 7.36. The van der Waals surface area contributed by atoms with Crippen molar-refractivity contribution >= 4 is 28.0 Å². The summed E-state index contributed by atoms with van der Waals surface area (Å²) >= 11 is 3.41. The average molecular weight is 370 g/mol. The van der Waals surface area contributed by atoms with Gasteiger partial charge < -0.3 is 15.5 Å². The normalized spacial score (nSPS) is 24.7. The molecule has 0 saturated heterocycles. The first-order chi connectivity index (χ1) is 10.4. The highest BCUT2D eigenvalue weighted by molar-refractivity contribution is 9.10. The van der Waals surface area contributed by atoms with E-state index in [1.165, 1.54) is 5.56 Å². The Balaban J connectivity index is 1.93. The Hall–Kier alpha value is -1.56. The zero-order valence-electron chi connectivity index (χ0n) is 12.2. The van der Waals surface area contributed by atoms with Crippen LogP contribution in [-0.2, 0) is 11.2 Å². The first kappa shape index (κ1) is 16.8. The van der Waals surface area contributed by atoms with Gasteiger partial charge in [0, 0.05) is 11.0 Å². The quantitative estimate of drug-likeness (QED) is 0.740. The maximum absolute atomic E-state index is 11.6. The predicted octanol–water partition coefficient (Wildman–Crippen LogP) is 3.52.